The van der Waals surface area contributed by atoms with Crippen LogP contribution in [-0.4, -0.2) is 37.4 Å². The minimum absolute atomic E-state index is 0.335. The summed E-state index contributed by atoms with van der Waals surface area (Å²) < 4.78 is 22.2. The van der Waals surface area contributed by atoms with Crippen LogP contribution in [0.5, 0.6) is 0 Å². The normalized spacial score (nSPS) is 13.1. The molecule has 188 valence electrons. The fourth-order valence-electron chi connectivity index (χ4n) is 3.31. The first-order chi connectivity index (χ1) is 17.0. The summed E-state index contributed by atoms with van der Waals surface area (Å²) in [6, 6.07) is 19.9. The smallest absolute Gasteiger partial charge is 0.303 e. The van der Waals surface area contributed by atoms with Gasteiger partial charge in [0.2, 0.25) is 0 Å². The van der Waals surface area contributed by atoms with Crippen LogP contribution in [0.2, 0.25) is 0 Å². The third-order valence-electron chi connectivity index (χ3n) is 4.88. The highest BCUT2D eigenvalue weighted by molar-refractivity contribution is 5.67. The van der Waals surface area contributed by atoms with E-state index in [-0.39, 0.29) is 11.9 Å². The first-order valence-corrected chi connectivity index (χ1v) is 11.9. The molecule has 0 saturated carbocycles. The summed E-state index contributed by atoms with van der Waals surface area (Å²) in [6.45, 7) is 4.94. The average molecular weight is 481 g/mol. The molecule has 2 rings (SSSR count). The van der Waals surface area contributed by atoms with E-state index >= 15 is 0 Å². The van der Waals surface area contributed by atoms with Gasteiger partial charge in [-0.25, -0.2) is 0 Å². The van der Waals surface area contributed by atoms with Gasteiger partial charge in [0.1, 0.15) is 12.2 Å². The van der Waals surface area contributed by atoms with Crippen LogP contribution in [0.3, 0.4) is 0 Å². The molecule has 0 spiro atoms. The Kier molecular flexibility index (Phi) is 13.8. The van der Waals surface area contributed by atoms with Gasteiger partial charge in [0.05, 0.1) is 26.4 Å². The van der Waals surface area contributed by atoms with Crippen molar-refractivity contribution in [3.63, 3.8) is 0 Å². The maximum atomic E-state index is 11.6. The Labute approximate surface area is 208 Å². The molecule has 0 amide bonds. The predicted octanol–water partition coefficient (Wildman–Crippen LogP) is 5.57. The molecule has 2 aromatic carbocycles. The second kappa shape index (κ2) is 17.2. The van der Waals surface area contributed by atoms with Crippen molar-refractivity contribution >= 4 is 11.9 Å². The molecule has 0 aliphatic heterocycles. The maximum Gasteiger partial charge on any atom is 0.303 e. The highest BCUT2D eigenvalue weighted by atomic mass is 16.6. The molecule has 0 bridgehead atoms. The molecule has 0 radical (unpaired) electrons. The van der Waals surface area contributed by atoms with E-state index in [1.54, 1.807) is 0 Å². The van der Waals surface area contributed by atoms with Crippen LogP contribution < -0.4 is 0 Å². The molecule has 6 heteroatoms. The molecule has 0 N–H and O–H groups in total. The molecular weight excluding hydrogens is 444 g/mol. The number of esters is 2. The van der Waals surface area contributed by atoms with E-state index in [1.165, 1.54) is 13.8 Å². The monoisotopic (exact) mass is 480 g/mol. The molecule has 0 aromatic heterocycles. The van der Waals surface area contributed by atoms with Crippen molar-refractivity contribution in [1.82, 2.24) is 0 Å². The minimum Gasteiger partial charge on any atom is -0.458 e. The van der Waals surface area contributed by atoms with Gasteiger partial charge in [-0.1, -0.05) is 72.8 Å². The van der Waals surface area contributed by atoms with Gasteiger partial charge in [-0.3, -0.25) is 9.59 Å². The van der Waals surface area contributed by atoms with Crippen LogP contribution in [0.15, 0.2) is 85.0 Å². The van der Waals surface area contributed by atoms with Crippen LogP contribution in [0.4, 0.5) is 0 Å². The SMILES string of the molecule is CC(=O)O[C@H](/C=C\CCOCc1ccccc1)C[C@H](/C=C\CCOCc1ccccc1)OC(C)=O. The van der Waals surface area contributed by atoms with Crippen LogP contribution >= 0.6 is 0 Å². The van der Waals surface area contributed by atoms with E-state index < -0.39 is 12.2 Å². The van der Waals surface area contributed by atoms with Crippen LogP contribution in [0, 0.1) is 0 Å². The lowest BCUT2D eigenvalue weighted by Crippen LogP contribution is -2.23. The van der Waals surface area contributed by atoms with E-state index in [2.05, 4.69) is 0 Å². The summed E-state index contributed by atoms with van der Waals surface area (Å²) >= 11 is 0. The van der Waals surface area contributed by atoms with Crippen LogP contribution in [-0.2, 0) is 41.8 Å². The summed E-state index contributed by atoms with van der Waals surface area (Å²) in [5.74, 6) is -0.778. The van der Waals surface area contributed by atoms with Gasteiger partial charge >= 0.3 is 11.9 Å². The molecule has 0 fully saturated rings. The van der Waals surface area contributed by atoms with E-state index in [0.29, 0.717) is 45.7 Å². The van der Waals surface area contributed by atoms with Crippen molar-refractivity contribution in [2.45, 2.75) is 58.5 Å². The summed E-state index contributed by atoms with van der Waals surface area (Å²) in [7, 11) is 0. The van der Waals surface area contributed by atoms with Crippen molar-refractivity contribution in [2.24, 2.45) is 0 Å². The number of rotatable bonds is 16. The second-order valence-corrected chi connectivity index (χ2v) is 8.04. The molecule has 2 atom stereocenters. The molecule has 6 nitrogen and oxygen atoms in total. The van der Waals surface area contributed by atoms with Crippen molar-refractivity contribution in [1.29, 1.82) is 0 Å². The highest BCUT2D eigenvalue weighted by Crippen LogP contribution is 2.12. The summed E-state index contributed by atoms with van der Waals surface area (Å²) in [6.07, 6.45) is 8.16. The first kappa shape index (κ1) is 28.0. The Morgan fingerprint density at radius 1 is 0.686 bits per heavy atom. The number of hydrogen-bond donors (Lipinski definition) is 0. The standard InChI is InChI=1S/C29H36O6/c1-24(30)34-28(17-9-11-19-32-22-26-13-5-3-6-14-26)21-29(35-25(2)31)18-10-12-20-33-23-27-15-7-4-8-16-27/h3-10,13-18,28-29H,11-12,19-23H2,1-2H3/b17-9-,18-10-/t28-,29+. The molecule has 35 heavy (non-hydrogen) atoms. The largest absolute Gasteiger partial charge is 0.458 e. The highest BCUT2D eigenvalue weighted by Gasteiger charge is 2.17. The lowest BCUT2D eigenvalue weighted by atomic mass is 10.1. The Hall–Kier alpha value is -3.22. The minimum atomic E-state index is -0.509. The summed E-state index contributed by atoms with van der Waals surface area (Å²) in [5.41, 5.74) is 2.24. The molecule has 0 aliphatic carbocycles. The molecule has 0 heterocycles. The zero-order chi connectivity index (χ0) is 25.1. The number of carbonyl (C=O) groups excluding carboxylic acids is 2. The van der Waals surface area contributed by atoms with E-state index in [9.17, 15) is 9.59 Å². The topological polar surface area (TPSA) is 71.1 Å². The lowest BCUT2D eigenvalue weighted by molar-refractivity contribution is -0.148. The Morgan fingerprint density at radius 2 is 1.09 bits per heavy atom. The number of carbonyl (C=O) groups is 2. The number of benzene rings is 2. The second-order valence-electron chi connectivity index (χ2n) is 8.04. The average Bonchev–Trinajstić information content (AvgIpc) is 2.84. The van der Waals surface area contributed by atoms with Crippen LogP contribution in [0.1, 0.15) is 44.2 Å². The van der Waals surface area contributed by atoms with Crippen molar-refractivity contribution in [3.05, 3.63) is 96.1 Å². The van der Waals surface area contributed by atoms with Crippen molar-refractivity contribution in [2.75, 3.05) is 13.2 Å². The van der Waals surface area contributed by atoms with Crippen LogP contribution in [0.25, 0.3) is 0 Å². The quantitative estimate of drug-likeness (QED) is 0.178. The van der Waals surface area contributed by atoms with Crippen molar-refractivity contribution in [3.8, 4) is 0 Å². The number of ether oxygens (including phenoxy) is 4. The van der Waals surface area contributed by atoms with Gasteiger partial charge in [-0.15, -0.1) is 0 Å². The zero-order valence-corrected chi connectivity index (χ0v) is 20.6. The first-order valence-electron chi connectivity index (χ1n) is 11.9. The Balaban J connectivity index is 1.77. The van der Waals surface area contributed by atoms with Gasteiger partial charge < -0.3 is 18.9 Å². The molecule has 0 aliphatic rings. The van der Waals surface area contributed by atoms with Gasteiger partial charge in [0.15, 0.2) is 0 Å². The maximum absolute atomic E-state index is 11.6. The summed E-state index contributed by atoms with van der Waals surface area (Å²) in [4.78, 5) is 23.2. The summed E-state index contributed by atoms with van der Waals surface area (Å²) in [5, 5.41) is 0. The van der Waals surface area contributed by atoms with E-state index in [0.717, 1.165) is 11.1 Å². The molecule has 2 aromatic rings. The van der Waals surface area contributed by atoms with Gasteiger partial charge in [-0.05, 0) is 36.1 Å². The third-order valence-corrected chi connectivity index (χ3v) is 4.88. The predicted molar refractivity (Wildman–Crippen MR) is 135 cm³/mol. The third kappa shape index (κ3) is 13.9. The van der Waals surface area contributed by atoms with Crippen molar-refractivity contribution < 1.29 is 28.5 Å². The zero-order valence-electron chi connectivity index (χ0n) is 20.6. The van der Waals surface area contributed by atoms with Gasteiger partial charge in [0.25, 0.3) is 0 Å². The van der Waals surface area contributed by atoms with Gasteiger partial charge in [0, 0.05) is 20.3 Å². The fraction of sp³-hybridized carbons (Fsp3) is 0.379. The Morgan fingerprint density at radius 3 is 1.46 bits per heavy atom. The molecule has 0 saturated heterocycles. The molecular formula is C29H36O6. The Bertz CT molecular complexity index is 832. The fourth-order valence-corrected chi connectivity index (χ4v) is 3.31. The molecule has 0 unspecified atom stereocenters. The number of hydrogen-bond acceptors (Lipinski definition) is 6. The van der Waals surface area contributed by atoms with E-state index in [4.69, 9.17) is 18.9 Å². The van der Waals surface area contributed by atoms with Gasteiger partial charge in [-0.2, -0.15) is 0 Å². The lowest BCUT2D eigenvalue weighted by Gasteiger charge is -2.19. The van der Waals surface area contributed by atoms with E-state index in [1.807, 2.05) is 85.0 Å².